The zero-order valence-electron chi connectivity index (χ0n) is 13.0. The van der Waals surface area contributed by atoms with Gasteiger partial charge in [0, 0.05) is 12.2 Å². The van der Waals surface area contributed by atoms with Crippen LogP contribution >= 0.6 is 0 Å². The highest BCUT2D eigenvalue weighted by Crippen LogP contribution is 2.10. The van der Waals surface area contributed by atoms with Crippen molar-refractivity contribution in [3.63, 3.8) is 0 Å². The van der Waals surface area contributed by atoms with E-state index in [1.54, 1.807) is 24.3 Å². The summed E-state index contributed by atoms with van der Waals surface area (Å²) in [5.74, 6) is -0.875. The lowest BCUT2D eigenvalue weighted by Gasteiger charge is -2.09. The van der Waals surface area contributed by atoms with Crippen molar-refractivity contribution in [2.24, 2.45) is 0 Å². The van der Waals surface area contributed by atoms with Crippen LogP contribution in [-0.2, 0) is 17.6 Å². The number of amides is 2. The molecule has 0 heterocycles. The first-order valence-electron chi connectivity index (χ1n) is 7.44. The van der Waals surface area contributed by atoms with E-state index in [-0.39, 0.29) is 12.5 Å². The number of carboxylic acid groups (broad SMARTS) is 1. The lowest BCUT2D eigenvalue weighted by Crippen LogP contribution is -2.30. The van der Waals surface area contributed by atoms with Gasteiger partial charge in [-0.25, -0.2) is 4.79 Å². The molecule has 0 atom stereocenters. The maximum absolute atomic E-state index is 11.8. The van der Waals surface area contributed by atoms with Crippen LogP contribution < -0.4 is 10.6 Å². The van der Waals surface area contributed by atoms with E-state index in [1.807, 2.05) is 25.1 Å². The van der Waals surface area contributed by atoms with Gasteiger partial charge in [-0.05, 0) is 42.2 Å². The summed E-state index contributed by atoms with van der Waals surface area (Å²) in [4.78, 5) is 22.4. The largest absolute Gasteiger partial charge is 0.481 e. The molecule has 2 amide bonds. The Bertz CT molecular complexity index is 681. The molecule has 0 aromatic heterocycles. The number of hydrogen-bond donors (Lipinski definition) is 3. The van der Waals surface area contributed by atoms with Crippen molar-refractivity contribution in [3.8, 4) is 0 Å². The van der Waals surface area contributed by atoms with E-state index >= 15 is 0 Å². The fourth-order valence-electron chi connectivity index (χ4n) is 2.26. The van der Waals surface area contributed by atoms with Crippen LogP contribution in [0.1, 0.15) is 16.7 Å². The number of carbonyl (C=O) groups excluding carboxylic acids is 1. The predicted octanol–water partition coefficient (Wildman–Crippen LogP) is 2.99. The second-order valence-corrected chi connectivity index (χ2v) is 5.32. The highest BCUT2D eigenvalue weighted by molar-refractivity contribution is 5.89. The van der Waals surface area contributed by atoms with Gasteiger partial charge in [0.05, 0.1) is 6.42 Å². The second-order valence-electron chi connectivity index (χ2n) is 5.32. The van der Waals surface area contributed by atoms with Crippen molar-refractivity contribution in [1.29, 1.82) is 0 Å². The van der Waals surface area contributed by atoms with E-state index in [4.69, 9.17) is 5.11 Å². The van der Waals surface area contributed by atoms with Gasteiger partial charge in [-0.2, -0.15) is 0 Å². The van der Waals surface area contributed by atoms with Crippen LogP contribution in [0.2, 0.25) is 0 Å². The fourth-order valence-corrected chi connectivity index (χ4v) is 2.26. The Morgan fingerprint density at radius 2 is 1.74 bits per heavy atom. The van der Waals surface area contributed by atoms with E-state index in [0.717, 1.165) is 6.42 Å². The normalized spacial score (nSPS) is 10.1. The van der Waals surface area contributed by atoms with Crippen molar-refractivity contribution < 1.29 is 14.7 Å². The first-order valence-corrected chi connectivity index (χ1v) is 7.44. The third kappa shape index (κ3) is 5.47. The van der Waals surface area contributed by atoms with Crippen molar-refractivity contribution in [1.82, 2.24) is 5.32 Å². The number of urea groups is 1. The zero-order chi connectivity index (χ0) is 16.7. The van der Waals surface area contributed by atoms with E-state index in [2.05, 4.69) is 16.7 Å². The fraction of sp³-hybridized carbons (Fsp3) is 0.222. The molecule has 0 saturated carbocycles. The highest BCUT2D eigenvalue weighted by Gasteiger charge is 2.04. The molecular formula is C18H20N2O3. The summed E-state index contributed by atoms with van der Waals surface area (Å²) in [6, 6.07) is 14.6. The van der Waals surface area contributed by atoms with Crippen LogP contribution in [0.5, 0.6) is 0 Å². The minimum atomic E-state index is -0.875. The molecule has 2 aromatic rings. The summed E-state index contributed by atoms with van der Waals surface area (Å²) in [5.41, 5.74) is 3.75. The number of carbonyl (C=O) groups is 2. The molecule has 23 heavy (non-hydrogen) atoms. The summed E-state index contributed by atoms with van der Waals surface area (Å²) in [5, 5.41) is 14.2. The number of carboxylic acids is 1. The first kappa shape index (κ1) is 16.5. The summed E-state index contributed by atoms with van der Waals surface area (Å²) < 4.78 is 0. The standard InChI is InChI=1S/C18H20N2O3/c1-13-4-2-3-5-15(13)10-11-19-18(23)20-16-8-6-14(7-9-16)12-17(21)22/h2-9H,10-12H2,1H3,(H,21,22)(H2,19,20,23). The summed E-state index contributed by atoms with van der Waals surface area (Å²) in [6.07, 6.45) is 0.751. The van der Waals surface area contributed by atoms with Crippen molar-refractivity contribution in [2.75, 3.05) is 11.9 Å². The predicted molar refractivity (Wildman–Crippen MR) is 89.7 cm³/mol. The smallest absolute Gasteiger partial charge is 0.319 e. The number of benzene rings is 2. The number of aryl methyl sites for hydroxylation is 1. The molecule has 5 heteroatoms. The number of anilines is 1. The Balaban J connectivity index is 1.78. The van der Waals surface area contributed by atoms with Crippen LogP contribution in [0.3, 0.4) is 0 Å². The minimum absolute atomic E-state index is 0.0249. The molecule has 120 valence electrons. The summed E-state index contributed by atoms with van der Waals surface area (Å²) in [7, 11) is 0. The van der Waals surface area contributed by atoms with Crippen LogP contribution in [-0.4, -0.2) is 23.7 Å². The van der Waals surface area contributed by atoms with Crippen molar-refractivity contribution >= 4 is 17.7 Å². The van der Waals surface area contributed by atoms with Crippen molar-refractivity contribution in [2.45, 2.75) is 19.8 Å². The molecule has 0 unspecified atom stereocenters. The molecule has 0 fully saturated rings. The third-order valence-corrected chi connectivity index (χ3v) is 3.51. The van der Waals surface area contributed by atoms with E-state index < -0.39 is 5.97 Å². The Kier molecular flexibility index (Phi) is 5.74. The van der Waals surface area contributed by atoms with Crippen LogP contribution in [0.4, 0.5) is 10.5 Å². The Labute approximate surface area is 135 Å². The van der Waals surface area contributed by atoms with Gasteiger partial charge in [0.2, 0.25) is 0 Å². The average molecular weight is 312 g/mol. The van der Waals surface area contributed by atoms with Gasteiger partial charge < -0.3 is 15.7 Å². The molecule has 2 rings (SSSR count). The SMILES string of the molecule is Cc1ccccc1CCNC(=O)Nc1ccc(CC(=O)O)cc1. The van der Waals surface area contributed by atoms with Crippen LogP contribution in [0, 0.1) is 6.92 Å². The number of rotatable bonds is 6. The van der Waals surface area contributed by atoms with Gasteiger partial charge in [-0.3, -0.25) is 4.79 Å². The Morgan fingerprint density at radius 3 is 2.39 bits per heavy atom. The molecule has 2 aromatic carbocycles. The summed E-state index contributed by atoms with van der Waals surface area (Å²) in [6.45, 7) is 2.60. The maximum atomic E-state index is 11.8. The van der Waals surface area contributed by atoms with Gasteiger partial charge in [0.25, 0.3) is 0 Å². The number of aliphatic carboxylic acids is 1. The van der Waals surface area contributed by atoms with Crippen LogP contribution in [0.25, 0.3) is 0 Å². The Hall–Kier alpha value is -2.82. The lowest BCUT2D eigenvalue weighted by molar-refractivity contribution is -0.136. The second kappa shape index (κ2) is 7.98. The molecular weight excluding hydrogens is 292 g/mol. The molecule has 0 bridgehead atoms. The molecule has 0 aliphatic carbocycles. The zero-order valence-corrected chi connectivity index (χ0v) is 13.0. The number of hydrogen-bond acceptors (Lipinski definition) is 2. The average Bonchev–Trinajstić information content (AvgIpc) is 2.51. The quantitative estimate of drug-likeness (QED) is 0.767. The van der Waals surface area contributed by atoms with Gasteiger partial charge in [0.15, 0.2) is 0 Å². The Morgan fingerprint density at radius 1 is 1.04 bits per heavy atom. The molecule has 0 aliphatic rings. The van der Waals surface area contributed by atoms with Gasteiger partial charge >= 0.3 is 12.0 Å². The monoisotopic (exact) mass is 312 g/mol. The van der Waals surface area contributed by atoms with Crippen molar-refractivity contribution in [3.05, 3.63) is 65.2 Å². The molecule has 3 N–H and O–H groups in total. The topological polar surface area (TPSA) is 78.4 Å². The minimum Gasteiger partial charge on any atom is -0.481 e. The molecule has 0 spiro atoms. The van der Waals surface area contributed by atoms with Gasteiger partial charge in [-0.1, -0.05) is 36.4 Å². The maximum Gasteiger partial charge on any atom is 0.319 e. The first-order chi connectivity index (χ1) is 11.0. The van der Waals surface area contributed by atoms with E-state index in [1.165, 1.54) is 11.1 Å². The van der Waals surface area contributed by atoms with Gasteiger partial charge in [-0.15, -0.1) is 0 Å². The van der Waals surface area contributed by atoms with Gasteiger partial charge in [0.1, 0.15) is 0 Å². The van der Waals surface area contributed by atoms with E-state index in [0.29, 0.717) is 17.8 Å². The third-order valence-electron chi connectivity index (χ3n) is 3.51. The molecule has 0 radical (unpaired) electrons. The van der Waals surface area contributed by atoms with E-state index in [9.17, 15) is 9.59 Å². The molecule has 0 saturated heterocycles. The lowest BCUT2D eigenvalue weighted by atomic mass is 10.1. The molecule has 0 aliphatic heterocycles. The summed E-state index contributed by atoms with van der Waals surface area (Å²) >= 11 is 0. The van der Waals surface area contributed by atoms with Crippen LogP contribution in [0.15, 0.2) is 48.5 Å². The highest BCUT2D eigenvalue weighted by atomic mass is 16.4. The number of nitrogens with one attached hydrogen (secondary N) is 2. The molecule has 5 nitrogen and oxygen atoms in total.